The number of amides is 1. The molecule has 0 atom stereocenters. The van der Waals surface area contributed by atoms with Crippen LogP contribution in [0, 0.1) is 0 Å². The Hall–Kier alpha value is -1.55. The number of piperazine rings is 1. The second kappa shape index (κ2) is 4.53. The molecule has 1 amide bonds. The van der Waals surface area contributed by atoms with Crippen molar-refractivity contribution in [3.8, 4) is 5.75 Å². The Balaban J connectivity index is 2.14. The summed E-state index contributed by atoms with van der Waals surface area (Å²) in [5.74, 6) is 0.962. The zero-order valence-corrected chi connectivity index (χ0v) is 9.64. The van der Waals surface area contributed by atoms with E-state index in [1.165, 1.54) is 0 Å². The monoisotopic (exact) mass is 220 g/mol. The van der Waals surface area contributed by atoms with E-state index in [0.29, 0.717) is 6.54 Å². The minimum absolute atomic E-state index is 0.152. The lowest BCUT2D eigenvalue weighted by Crippen LogP contribution is -2.48. The van der Waals surface area contributed by atoms with Crippen molar-refractivity contribution in [2.45, 2.75) is 0 Å². The van der Waals surface area contributed by atoms with Crippen molar-refractivity contribution in [2.75, 3.05) is 38.7 Å². The maximum absolute atomic E-state index is 11.8. The summed E-state index contributed by atoms with van der Waals surface area (Å²) in [6.07, 6.45) is 0. The van der Waals surface area contributed by atoms with Gasteiger partial charge in [-0.3, -0.25) is 9.69 Å². The summed E-state index contributed by atoms with van der Waals surface area (Å²) in [4.78, 5) is 15.7. The van der Waals surface area contributed by atoms with Crippen LogP contribution in [0.2, 0.25) is 0 Å². The lowest BCUT2D eigenvalue weighted by Gasteiger charge is -2.32. The molecule has 1 fully saturated rings. The molecule has 0 bridgehead atoms. The molecule has 1 saturated heterocycles. The highest BCUT2D eigenvalue weighted by molar-refractivity contribution is 5.95. The fourth-order valence-electron chi connectivity index (χ4n) is 1.83. The molecule has 86 valence electrons. The molecule has 1 aliphatic rings. The summed E-state index contributed by atoms with van der Waals surface area (Å²) < 4.78 is 5.09. The fraction of sp³-hybridized carbons (Fsp3) is 0.417. The predicted molar refractivity (Wildman–Crippen MR) is 62.8 cm³/mol. The molecule has 0 unspecified atom stereocenters. The van der Waals surface area contributed by atoms with Crippen LogP contribution in [0.3, 0.4) is 0 Å². The minimum atomic E-state index is 0.152. The number of hydrogen-bond acceptors (Lipinski definition) is 3. The number of carbonyl (C=O) groups excluding carboxylic acids is 1. The SMILES string of the molecule is COc1ccc(N2CCN(C)CC2=O)cc1. The molecule has 0 aliphatic carbocycles. The maximum Gasteiger partial charge on any atom is 0.241 e. The summed E-state index contributed by atoms with van der Waals surface area (Å²) in [5, 5.41) is 0. The third-order valence-corrected chi connectivity index (χ3v) is 2.80. The van der Waals surface area contributed by atoms with Gasteiger partial charge in [0.2, 0.25) is 5.91 Å². The van der Waals surface area contributed by atoms with Gasteiger partial charge >= 0.3 is 0 Å². The van der Waals surface area contributed by atoms with Crippen LogP contribution in [-0.4, -0.2) is 44.6 Å². The minimum Gasteiger partial charge on any atom is -0.497 e. The van der Waals surface area contributed by atoms with E-state index in [4.69, 9.17) is 4.74 Å². The molecule has 1 heterocycles. The highest BCUT2D eigenvalue weighted by Gasteiger charge is 2.22. The van der Waals surface area contributed by atoms with Gasteiger partial charge in [-0.25, -0.2) is 0 Å². The topological polar surface area (TPSA) is 32.8 Å². The van der Waals surface area contributed by atoms with E-state index >= 15 is 0 Å². The molecule has 1 aliphatic heterocycles. The van der Waals surface area contributed by atoms with E-state index in [2.05, 4.69) is 0 Å². The van der Waals surface area contributed by atoms with Crippen molar-refractivity contribution in [2.24, 2.45) is 0 Å². The second-order valence-electron chi connectivity index (χ2n) is 3.98. The smallest absolute Gasteiger partial charge is 0.241 e. The number of carbonyl (C=O) groups is 1. The summed E-state index contributed by atoms with van der Waals surface area (Å²) >= 11 is 0. The first kappa shape index (κ1) is 11.0. The Bertz CT molecular complexity index is 375. The lowest BCUT2D eigenvalue weighted by atomic mass is 10.2. The molecule has 1 aromatic rings. The standard InChI is InChI=1S/C12H16N2O2/c1-13-7-8-14(12(15)9-13)10-3-5-11(16-2)6-4-10/h3-6H,7-9H2,1-2H3. The van der Waals surface area contributed by atoms with E-state index in [-0.39, 0.29) is 5.91 Å². The summed E-state index contributed by atoms with van der Waals surface area (Å²) in [7, 11) is 3.60. The molecule has 16 heavy (non-hydrogen) atoms. The normalized spacial score (nSPS) is 17.6. The number of ether oxygens (including phenoxy) is 1. The van der Waals surface area contributed by atoms with E-state index in [9.17, 15) is 4.79 Å². The van der Waals surface area contributed by atoms with Crippen LogP contribution < -0.4 is 9.64 Å². The molecular weight excluding hydrogens is 204 g/mol. The predicted octanol–water partition coefficient (Wildman–Crippen LogP) is 0.974. The Morgan fingerprint density at radius 3 is 2.44 bits per heavy atom. The second-order valence-corrected chi connectivity index (χ2v) is 3.98. The van der Waals surface area contributed by atoms with Gasteiger partial charge < -0.3 is 9.64 Å². The van der Waals surface area contributed by atoms with Gasteiger partial charge in [-0.1, -0.05) is 0 Å². The van der Waals surface area contributed by atoms with Crippen LogP contribution in [0.5, 0.6) is 5.75 Å². The van der Waals surface area contributed by atoms with Gasteiger partial charge in [0, 0.05) is 18.8 Å². The number of nitrogens with zero attached hydrogens (tertiary/aromatic N) is 2. The Labute approximate surface area is 95.4 Å². The highest BCUT2D eigenvalue weighted by Crippen LogP contribution is 2.20. The zero-order valence-electron chi connectivity index (χ0n) is 9.64. The van der Waals surface area contributed by atoms with Crippen LogP contribution in [0.4, 0.5) is 5.69 Å². The number of rotatable bonds is 2. The molecular formula is C12H16N2O2. The summed E-state index contributed by atoms with van der Waals surface area (Å²) in [6, 6.07) is 7.59. The third-order valence-electron chi connectivity index (χ3n) is 2.80. The molecule has 0 N–H and O–H groups in total. The van der Waals surface area contributed by atoms with Gasteiger partial charge in [-0.05, 0) is 31.3 Å². The van der Waals surface area contributed by atoms with E-state index in [1.807, 2.05) is 41.1 Å². The zero-order chi connectivity index (χ0) is 11.5. The van der Waals surface area contributed by atoms with Crippen LogP contribution in [0.15, 0.2) is 24.3 Å². The molecule has 0 radical (unpaired) electrons. The average Bonchev–Trinajstić information content (AvgIpc) is 2.29. The van der Waals surface area contributed by atoms with Crippen molar-refractivity contribution in [3.63, 3.8) is 0 Å². The highest BCUT2D eigenvalue weighted by atomic mass is 16.5. The van der Waals surface area contributed by atoms with Crippen molar-refractivity contribution >= 4 is 11.6 Å². The van der Waals surface area contributed by atoms with Crippen molar-refractivity contribution < 1.29 is 9.53 Å². The van der Waals surface area contributed by atoms with E-state index < -0.39 is 0 Å². The van der Waals surface area contributed by atoms with Gasteiger partial charge in [0.25, 0.3) is 0 Å². The largest absolute Gasteiger partial charge is 0.497 e. The van der Waals surface area contributed by atoms with Crippen LogP contribution in [0.25, 0.3) is 0 Å². The summed E-state index contributed by atoms with van der Waals surface area (Å²) in [5.41, 5.74) is 0.943. The van der Waals surface area contributed by atoms with Gasteiger partial charge in [0.15, 0.2) is 0 Å². The molecule has 0 spiro atoms. The molecule has 4 heteroatoms. The number of methoxy groups -OCH3 is 1. The molecule has 4 nitrogen and oxygen atoms in total. The van der Waals surface area contributed by atoms with E-state index in [1.54, 1.807) is 7.11 Å². The Kier molecular flexibility index (Phi) is 3.10. The quantitative estimate of drug-likeness (QED) is 0.744. The first-order valence-electron chi connectivity index (χ1n) is 5.33. The maximum atomic E-state index is 11.8. The van der Waals surface area contributed by atoms with E-state index in [0.717, 1.165) is 24.5 Å². The average molecular weight is 220 g/mol. The fourth-order valence-corrected chi connectivity index (χ4v) is 1.83. The van der Waals surface area contributed by atoms with Gasteiger partial charge in [0.05, 0.1) is 13.7 Å². The Morgan fingerprint density at radius 2 is 1.88 bits per heavy atom. The van der Waals surface area contributed by atoms with Gasteiger partial charge in [0.1, 0.15) is 5.75 Å². The van der Waals surface area contributed by atoms with Crippen molar-refractivity contribution in [1.29, 1.82) is 0 Å². The van der Waals surface area contributed by atoms with Gasteiger partial charge in [-0.15, -0.1) is 0 Å². The summed E-state index contributed by atoms with van der Waals surface area (Å²) in [6.45, 7) is 2.16. The lowest BCUT2D eigenvalue weighted by molar-refractivity contribution is -0.120. The molecule has 2 rings (SSSR count). The number of benzene rings is 1. The van der Waals surface area contributed by atoms with Crippen LogP contribution in [0.1, 0.15) is 0 Å². The first-order chi connectivity index (χ1) is 7.70. The number of likely N-dealkylation sites (N-methyl/N-ethyl adjacent to an activating group) is 1. The molecule has 0 saturated carbocycles. The third kappa shape index (κ3) is 2.17. The number of hydrogen-bond donors (Lipinski definition) is 0. The van der Waals surface area contributed by atoms with Crippen LogP contribution in [-0.2, 0) is 4.79 Å². The number of anilines is 1. The van der Waals surface area contributed by atoms with Crippen molar-refractivity contribution in [3.05, 3.63) is 24.3 Å². The van der Waals surface area contributed by atoms with Crippen molar-refractivity contribution in [1.82, 2.24) is 4.90 Å². The Morgan fingerprint density at radius 1 is 1.19 bits per heavy atom. The van der Waals surface area contributed by atoms with Gasteiger partial charge in [-0.2, -0.15) is 0 Å². The first-order valence-corrected chi connectivity index (χ1v) is 5.33. The molecule has 0 aromatic heterocycles. The van der Waals surface area contributed by atoms with Crippen LogP contribution >= 0.6 is 0 Å². The molecule has 1 aromatic carbocycles.